The summed E-state index contributed by atoms with van der Waals surface area (Å²) in [7, 11) is 0. The molecule has 0 N–H and O–H groups in total. The Kier molecular flexibility index (Phi) is 4.08. The highest BCUT2D eigenvalue weighted by atomic mass is 19.1. The molecule has 0 saturated carbocycles. The average Bonchev–Trinajstić information content (AvgIpc) is 3.00. The molecule has 0 atom stereocenters. The van der Waals surface area contributed by atoms with E-state index < -0.39 is 11.6 Å². The predicted octanol–water partition coefficient (Wildman–Crippen LogP) is 2.80. The highest BCUT2D eigenvalue weighted by molar-refractivity contribution is 5.79. The number of anilines is 1. The summed E-state index contributed by atoms with van der Waals surface area (Å²) in [5, 5.41) is 0. The second-order valence-electron chi connectivity index (χ2n) is 5.92. The van der Waals surface area contributed by atoms with E-state index in [4.69, 9.17) is 0 Å². The number of piperidine rings is 1. The summed E-state index contributed by atoms with van der Waals surface area (Å²) in [6.07, 6.45) is 3.72. The molecule has 1 amide bonds. The van der Waals surface area contributed by atoms with E-state index in [1.807, 2.05) is 9.80 Å². The van der Waals surface area contributed by atoms with Gasteiger partial charge in [-0.2, -0.15) is 0 Å². The number of amides is 1. The van der Waals surface area contributed by atoms with E-state index in [1.54, 1.807) is 0 Å². The molecule has 0 aliphatic carbocycles. The molecular formula is C16H20F2N2O. The molecule has 3 nitrogen and oxygen atoms in total. The minimum atomic E-state index is -0.555. The average molecular weight is 294 g/mol. The first-order chi connectivity index (χ1) is 10.1. The molecule has 0 aromatic heterocycles. The van der Waals surface area contributed by atoms with Crippen LogP contribution in [0.3, 0.4) is 0 Å². The maximum absolute atomic E-state index is 13.3. The van der Waals surface area contributed by atoms with Crippen molar-refractivity contribution >= 4 is 11.6 Å². The summed E-state index contributed by atoms with van der Waals surface area (Å²) < 4.78 is 26.5. The number of hydrogen-bond acceptors (Lipinski definition) is 2. The van der Waals surface area contributed by atoms with Crippen LogP contribution < -0.4 is 4.90 Å². The van der Waals surface area contributed by atoms with E-state index in [2.05, 4.69) is 0 Å². The van der Waals surface area contributed by atoms with Crippen molar-refractivity contribution in [2.24, 2.45) is 5.92 Å². The molecule has 0 radical (unpaired) electrons. The van der Waals surface area contributed by atoms with E-state index in [9.17, 15) is 13.6 Å². The summed E-state index contributed by atoms with van der Waals surface area (Å²) in [4.78, 5) is 16.3. The van der Waals surface area contributed by atoms with Gasteiger partial charge in [-0.15, -0.1) is 0 Å². The fraction of sp³-hybridized carbons (Fsp3) is 0.562. The van der Waals surface area contributed by atoms with Crippen LogP contribution in [0.1, 0.15) is 25.7 Å². The van der Waals surface area contributed by atoms with Gasteiger partial charge < -0.3 is 9.80 Å². The molecule has 1 aromatic rings. The smallest absolute Gasteiger partial charge is 0.225 e. The number of benzene rings is 1. The van der Waals surface area contributed by atoms with Crippen LogP contribution >= 0.6 is 0 Å². The summed E-state index contributed by atoms with van der Waals surface area (Å²) in [5.41, 5.74) is 0.569. The number of nitrogens with zero attached hydrogens (tertiary/aromatic N) is 2. The highest BCUT2D eigenvalue weighted by Crippen LogP contribution is 2.26. The van der Waals surface area contributed by atoms with Gasteiger partial charge in [0.1, 0.15) is 11.6 Å². The van der Waals surface area contributed by atoms with E-state index in [1.165, 1.54) is 12.1 Å². The van der Waals surface area contributed by atoms with E-state index in [-0.39, 0.29) is 11.8 Å². The Morgan fingerprint density at radius 3 is 2.10 bits per heavy atom. The zero-order valence-corrected chi connectivity index (χ0v) is 12.0. The van der Waals surface area contributed by atoms with Crippen LogP contribution in [0.15, 0.2) is 18.2 Å². The number of halogens is 2. The molecule has 3 rings (SSSR count). The molecule has 0 unspecified atom stereocenters. The summed E-state index contributed by atoms with van der Waals surface area (Å²) >= 11 is 0. The maximum atomic E-state index is 13.3. The third-order valence-electron chi connectivity index (χ3n) is 4.47. The third kappa shape index (κ3) is 3.17. The number of carbonyl (C=O) groups is 1. The van der Waals surface area contributed by atoms with Gasteiger partial charge >= 0.3 is 0 Å². The van der Waals surface area contributed by atoms with Gasteiger partial charge in [0.2, 0.25) is 5.91 Å². The standard InChI is InChI=1S/C16H20F2N2O/c17-13-9-14(18)11-15(10-13)19-7-3-12(4-8-19)16(21)20-5-1-2-6-20/h9-12H,1-8H2. The Hall–Kier alpha value is -1.65. The van der Waals surface area contributed by atoms with Crippen LogP contribution in [0.25, 0.3) is 0 Å². The minimum Gasteiger partial charge on any atom is -0.371 e. The largest absolute Gasteiger partial charge is 0.371 e. The lowest BCUT2D eigenvalue weighted by molar-refractivity contribution is -0.135. The van der Waals surface area contributed by atoms with Gasteiger partial charge in [0.25, 0.3) is 0 Å². The second-order valence-corrected chi connectivity index (χ2v) is 5.92. The van der Waals surface area contributed by atoms with Crippen molar-refractivity contribution in [1.82, 2.24) is 4.90 Å². The van der Waals surface area contributed by atoms with Gasteiger partial charge in [-0.1, -0.05) is 0 Å². The fourth-order valence-corrected chi connectivity index (χ4v) is 3.30. The lowest BCUT2D eigenvalue weighted by atomic mass is 9.95. The molecular weight excluding hydrogens is 274 g/mol. The summed E-state index contributed by atoms with van der Waals surface area (Å²) in [6, 6.07) is 3.59. The Labute approximate surface area is 123 Å². The maximum Gasteiger partial charge on any atom is 0.225 e. The molecule has 5 heteroatoms. The van der Waals surface area contributed by atoms with Gasteiger partial charge in [-0.05, 0) is 37.8 Å². The third-order valence-corrected chi connectivity index (χ3v) is 4.47. The van der Waals surface area contributed by atoms with Crippen LogP contribution in [0.5, 0.6) is 0 Å². The minimum absolute atomic E-state index is 0.0674. The molecule has 114 valence electrons. The van der Waals surface area contributed by atoms with Crippen LogP contribution in [0.4, 0.5) is 14.5 Å². The monoisotopic (exact) mass is 294 g/mol. The number of likely N-dealkylation sites (tertiary alicyclic amines) is 1. The lowest BCUT2D eigenvalue weighted by Crippen LogP contribution is -2.41. The molecule has 1 aromatic carbocycles. The first kappa shape index (κ1) is 14.3. The highest BCUT2D eigenvalue weighted by Gasteiger charge is 2.30. The van der Waals surface area contributed by atoms with E-state index >= 15 is 0 Å². The Bertz CT molecular complexity index is 501. The predicted molar refractivity (Wildman–Crippen MR) is 77.1 cm³/mol. The molecule has 2 saturated heterocycles. The van der Waals surface area contributed by atoms with Crippen molar-refractivity contribution in [1.29, 1.82) is 0 Å². The van der Waals surface area contributed by atoms with Crippen LogP contribution in [-0.4, -0.2) is 37.0 Å². The van der Waals surface area contributed by atoms with Crippen molar-refractivity contribution in [3.8, 4) is 0 Å². The van der Waals surface area contributed by atoms with Crippen LogP contribution in [0, 0.1) is 17.6 Å². The van der Waals surface area contributed by atoms with Crippen molar-refractivity contribution in [3.05, 3.63) is 29.8 Å². The van der Waals surface area contributed by atoms with Crippen molar-refractivity contribution in [3.63, 3.8) is 0 Å². The zero-order valence-electron chi connectivity index (χ0n) is 12.0. The SMILES string of the molecule is O=C(C1CCN(c2cc(F)cc(F)c2)CC1)N1CCCC1. The van der Waals surface area contributed by atoms with Crippen molar-refractivity contribution in [2.75, 3.05) is 31.1 Å². The summed E-state index contributed by atoms with van der Waals surface area (Å²) in [5.74, 6) is -0.782. The van der Waals surface area contributed by atoms with Crippen LogP contribution in [0.2, 0.25) is 0 Å². The van der Waals surface area contributed by atoms with Gasteiger partial charge in [-0.25, -0.2) is 8.78 Å². The molecule has 0 bridgehead atoms. The quantitative estimate of drug-likeness (QED) is 0.837. The molecule has 2 aliphatic heterocycles. The van der Waals surface area contributed by atoms with Crippen LogP contribution in [-0.2, 0) is 4.79 Å². The normalized spacial score (nSPS) is 20.1. The number of carbonyl (C=O) groups excluding carboxylic acids is 1. The second kappa shape index (κ2) is 6.00. The molecule has 2 fully saturated rings. The zero-order chi connectivity index (χ0) is 14.8. The van der Waals surface area contributed by atoms with E-state index in [0.29, 0.717) is 18.8 Å². The first-order valence-electron chi connectivity index (χ1n) is 7.63. The molecule has 2 aliphatic rings. The molecule has 0 spiro atoms. The van der Waals surface area contributed by atoms with Gasteiger partial charge in [-0.3, -0.25) is 4.79 Å². The molecule has 2 heterocycles. The van der Waals surface area contributed by atoms with Crippen molar-refractivity contribution in [2.45, 2.75) is 25.7 Å². The van der Waals surface area contributed by atoms with Crippen molar-refractivity contribution < 1.29 is 13.6 Å². The Balaban J connectivity index is 1.60. The van der Waals surface area contributed by atoms with Gasteiger partial charge in [0.15, 0.2) is 0 Å². The topological polar surface area (TPSA) is 23.6 Å². The van der Waals surface area contributed by atoms with E-state index in [0.717, 1.165) is 44.8 Å². The van der Waals surface area contributed by atoms with Gasteiger partial charge in [0, 0.05) is 43.9 Å². The first-order valence-corrected chi connectivity index (χ1v) is 7.63. The lowest BCUT2D eigenvalue weighted by Gasteiger charge is -2.34. The molecule has 21 heavy (non-hydrogen) atoms. The number of rotatable bonds is 2. The summed E-state index contributed by atoms with van der Waals surface area (Å²) in [6.45, 7) is 3.11. The van der Waals surface area contributed by atoms with Gasteiger partial charge in [0.05, 0.1) is 0 Å². The Morgan fingerprint density at radius 1 is 0.952 bits per heavy atom. The number of hydrogen-bond donors (Lipinski definition) is 0. The Morgan fingerprint density at radius 2 is 1.52 bits per heavy atom. The fourth-order valence-electron chi connectivity index (χ4n) is 3.30.